The van der Waals surface area contributed by atoms with Crippen LogP contribution in [0.2, 0.25) is 0 Å². The number of anilines is 2. The number of hydrogen-bond acceptors (Lipinski definition) is 8. The van der Waals surface area contributed by atoms with Crippen molar-refractivity contribution in [3.05, 3.63) is 42.0 Å². The van der Waals surface area contributed by atoms with Gasteiger partial charge in [-0.1, -0.05) is 6.92 Å². The second-order valence-electron chi connectivity index (χ2n) is 7.80. The highest BCUT2D eigenvalue weighted by molar-refractivity contribution is 5.86. The van der Waals surface area contributed by atoms with Crippen molar-refractivity contribution in [2.24, 2.45) is 0 Å². The van der Waals surface area contributed by atoms with E-state index in [-0.39, 0.29) is 84.3 Å². The minimum Gasteiger partial charge on any atom is -0.506 e. The normalized spacial score (nSPS) is 15.1. The lowest BCUT2D eigenvalue weighted by Gasteiger charge is -2.32. The van der Waals surface area contributed by atoms with Crippen LogP contribution in [0.5, 0.6) is 5.75 Å². The smallest absolute Gasteiger partial charge is 0.220 e. The minimum atomic E-state index is -0.659. The van der Waals surface area contributed by atoms with Crippen molar-refractivity contribution in [1.29, 1.82) is 0 Å². The Hall–Kier alpha value is -2.17. The Balaban J connectivity index is 0.00000289. The molecule has 0 bridgehead atoms. The Labute approximate surface area is 228 Å². The molecule has 0 aliphatic carbocycles. The summed E-state index contributed by atoms with van der Waals surface area (Å²) in [5, 5.41) is 10.5. The second kappa shape index (κ2) is 14.4. The first-order chi connectivity index (χ1) is 15.0. The average Bonchev–Trinajstić information content (AvgIpc) is 2.76. The molecule has 4 heterocycles. The molecule has 4 rings (SSSR count). The van der Waals surface area contributed by atoms with Crippen molar-refractivity contribution in [3.63, 3.8) is 0 Å². The van der Waals surface area contributed by atoms with E-state index in [4.69, 9.17) is 11.5 Å². The molecule has 0 radical (unpaired) electrons. The summed E-state index contributed by atoms with van der Waals surface area (Å²) < 4.78 is 14.5. The van der Waals surface area contributed by atoms with Crippen LogP contribution in [0.4, 0.5) is 16.2 Å². The first-order valence-corrected chi connectivity index (χ1v) is 10.4. The summed E-state index contributed by atoms with van der Waals surface area (Å²) in [6.45, 7) is 5.22. The number of nitrogens with zero attached hydrogens (tertiary/aromatic N) is 5. The van der Waals surface area contributed by atoms with E-state index >= 15 is 0 Å². The molecule has 1 atom stereocenters. The van der Waals surface area contributed by atoms with Crippen molar-refractivity contribution in [1.82, 2.24) is 24.8 Å². The topological polar surface area (TPSA) is 127 Å². The maximum absolute atomic E-state index is 14.5. The lowest BCUT2D eigenvalue weighted by Crippen LogP contribution is -2.35. The van der Waals surface area contributed by atoms with Gasteiger partial charge in [-0.15, -0.1) is 49.6 Å². The Kier molecular flexibility index (Phi) is 13.5. The van der Waals surface area contributed by atoms with Crippen molar-refractivity contribution < 1.29 is 9.50 Å². The van der Waals surface area contributed by atoms with Crippen LogP contribution in [0.3, 0.4) is 0 Å². The first-order valence-electron chi connectivity index (χ1n) is 10.4. The van der Waals surface area contributed by atoms with Crippen molar-refractivity contribution in [2.75, 3.05) is 31.1 Å². The van der Waals surface area contributed by atoms with E-state index in [1.54, 1.807) is 0 Å². The molecule has 8 nitrogen and oxygen atoms in total. The van der Waals surface area contributed by atoms with Crippen LogP contribution in [0, 0.1) is 5.82 Å². The molecule has 0 saturated carbocycles. The molecule has 194 valence electrons. The number of likely N-dealkylation sites (tertiary alicyclic amines) is 1. The fraction of sp³-hybridized carbons (Fsp3) is 0.364. The van der Waals surface area contributed by atoms with Gasteiger partial charge >= 0.3 is 0 Å². The zero-order chi connectivity index (χ0) is 22.0. The number of halogens is 5. The fourth-order valence-corrected chi connectivity index (χ4v) is 4.08. The van der Waals surface area contributed by atoms with Gasteiger partial charge in [-0.25, -0.2) is 24.3 Å². The van der Waals surface area contributed by atoms with Crippen molar-refractivity contribution >= 4 is 61.4 Å². The van der Waals surface area contributed by atoms with Crippen molar-refractivity contribution in [2.45, 2.75) is 32.1 Å². The third kappa shape index (κ3) is 7.41. The Morgan fingerprint density at radius 2 is 1.80 bits per heavy atom. The summed E-state index contributed by atoms with van der Waals surface area (Å²) in [7, 11) is 0. The number of pyridine rings is 2. The van der Waals surface area contributed by atoms with E-state index in [0.29, 0.717) is 11.4 Å². The molecule has 13 heteroatoms. The highest BCUT2D eigenvalue weighted by atomic mass is 35.5. The van der Waals surface area contributed by atoms with E-state index in [1.807, 2.05) is 6.07 Å². The largest absolute Gasteiger partial charge is 0.506 e. The molecule has 1 saturated heterocycles. The predicted octanol–water partition coefficient (Wildman–Crippen LogP) is 4.89. The van der Waals surface area contributed by atoms with Gasteiger partial charge in [-0.05, 0) is 56.6 Å². The van der Waals surface area contributed by atoms with Crippen LogP contribution < -0.4 is 11.5 Å². The number of aromatic hydroxyl groups is 1. The van der Waals surface area contributed by atoms with Crippen LogP contribution in [0.25, 0.3) is 22.6 Å². The molecule has 3 aromatic rings. The number of nitrogens with two attached hydrogens (primary N) is 2. The predicted molar refractivity (Wildman–Crippen MR) is 147 cm³/mol. The molecule has 3 aromatic heterocycles. The van der Waals surface area contributed by atoms with Gasteiger partial charge in [0.15, 0.2) is 11.6 Å². The highest BCUT2D eigenvalue weighted by Crippen LogP contribution is 2.33. The SMILES string of the molecule is CCCN1CCCC(c2cc(-c3nc(-c4ccnc(N)c4F)ccc3O)nc(N)n2)C1.Cl.Cl.Cl.Cl. The van der Waals surface area contributed by atoms with Gasteiger partial charge in [-0.3, -0.25) is 0 Å². The Morgan fingerprint density at radius 1 is 1.06 bits per heavy atom. The molecular formula is C22H30Cl4FN7O. The molecule has 0 aromatic carbocycles. The third-order valence-corrected chi connectivity index (χ3v) is 5.54. The standard InChI is InChI=1S/C22H26FN7O.4ClH/c1-2-9-30-10-3-4-13(12-30)16-11-17(29-22(25)28-16)20-18(31)6-5-15(27-20)14-7-8-26-21(24)19(14)23;;;;/h5-8,11,13,31H,2-4,9-10,12H2,1H3,(H2,24,26)(H2,25,28,29);4*1H. The van der Waals surface area contributed by atoms with E-state index in [9.17, 15) is 9.50 Å². The molecular weight excluding hydrogens is 539 g/mol. The van der Waals surface area contributed by atoms with E-state index in [1.165, 1.54) is 24.4 Å². The molecule has 0 amide bonds. The number of rotatable bonds is 5. The Morgan fingerprint density at radius 3 is 2.51 bits per heavy atom. The van der Waals surface area contributed by atoms with Gasteiger partial charge in [0.1, 0.15) is 11.4 Å². The van der Waals surface area contributed by atoms with Crippen LogP contribution in [0.15, 0.2) is 30.5 Å². The summed E-state index contributed by atoms with van der Waals surface area (Å²) in [6, 6.07) is 6.28. The number of piperidine rings is 1. The molecule has 0 spiro atoms. The molecule has 1 aliphatic rings. The van der Waals surface area contributed by atoms with Crippen LogP contribution in [0.1, 0.15) is 37.8 Å². The molecule has 5 N–H and O–H groups in total. The lowest BCUT2D eigenvalue weighted by atomic mass is 9.93. The summed E-state index contributed by atoms with van der Waals surface area (Å²) in [5.74, 6) is -0.603. The maximum Gasteiger partial charge on any atom is 0.220 e. The van der Waals surface area contributed by atoms with E-state index in [2.05, 4.69) is 31.8 Å². The Bertz CT molecular complexity index is 1110. The number of hydrogen-bond donors (Lipinski definition) is 3. The van der Waals surface area contributed by atoms with Gasteiger partial charge < -0.3 is 21.5 Å². The van der Waals surface area contributed by atoms with Crippen LogP contribution in [-0.4, -0.2) is 49.6 Å². The van der Waals surface area contributed by atoms with Crippen LogP contribution in [-0.2, 0) is 0 Å². The zero-order valence-corrected chi connectivity index (χ0v) is 22.3. The zero-order valence-electron chi connectivity index (χ0n) is 19.1. The first kappa shape index (κ1) is 32.8. The summed E-state index contributed by atoms with van der Waals surface area (Å²) >= 11 is 0. The highest BCUT2D eigenvalue weighted by Gasteiger charge is 2.24. The summed E-state index contributed by atoms with van der Waals surface area (Å²) in [4.78, 5) is 19.4. The summed E-state index contributed by atoms with van der Waals surface area (Å²) in [6.07, 6.45) is 4.61. The van der Waals surface area contributed by atoms with Gasteiger partial charge in [-0.2, -0.15) is 0 Å². The fourth-order valence-electron chi connectivity index (χ4n) is 4.08. The van der Waals surface area contributed by atoms with Gasteiger partial charge in [0, 0.05) is 24.2 Å². The number of aromatic nitrogens is 4. The third-order valence-electron chi connectivity index (χ3n) is 5.54. The van der Waals surface area contributed by atoms with Gasteiger partial charge in [0.25, 0.3) is 0 Å². The van der Waals surface area contributed by atoms with Gasteiger partial charge in [0.05, 0.1) is 17.1 Å². The monoisotopic (exact) mass is 567 g/mol. The van der Waals surface area contributed by atoms with E-state index in [0.717, 1.165) is 44.6 Å². The minimum absolute atomic E-state index is 0. The lowest BCUT2D eigenvalue weighted by molar-refractivity contribution is 0.206. The second-order valence-corrected chi connectivity index (χ2v) is 7.80. The van der Waals surface area contributed by atoms with E-state index < -0.39 is 5.82 Å². The molecule has 35 heavy (non-hydrogen) atoms. The van der Waals surface area contributed by atoms with Crippen molar-refractivity contribution in [3.8, 4) is 28.4 Å². The van der Waals surface area contributed by atoms with Crippen LogP contribution >= 0.6 is 49.6 Å². The maximum atomic E-state index is 14.5. The molecule has 1 aliphatic heterocycles. The molecule has 1 unspecified atom stereocenters. The van der Waals surface area contributed by atoms with Gasteiger partial charge in [0.2, 0.25) is 5.95 Å². The molecule has 1 fully saturated rings. The number of nitrogen functional groups attached to an aromatic ring is 2. The average molecular weight is 569 g/mol. The summed E-state index contributed by atoms with van der Waals surface area (Å²) in [5.41, 5.74) is 13.5. The quantitative estimate of drug-likeness (QED) is 0.397.